The molecule has 1 aliphatic carbocycles. The summed E-state index contributed by atoms with van der Waals surface area (Å²) in [6, 6.07) is 4.74. The molecule has 1 aliphatic heterocycles. The number of benzene rings is 1. The molecule has 1 aromatic carbocycles. The van der Waals surface area contributed by atoms with Gasteiger partial charge in [0.05, 0.1) is 17.3 Å². The van der Waals surface area contributed by atoms with E-state index in [0.29, 0.717) is 35.0 Å². The zero-order chi connectivity index (χ0) is 32.3. The Morgan fingerprint density at radius 3 is 2.42 bits per heavy atom. The summed E-state index contributed by atoms with van der Waals surface area (Å²) < 4.78 is 41.4. The highest BCUT2D eigenvalue weighted by Gasteiger charge is 2.32. The number of H-pyrrole nitrogens is 2. The smallest absolute Gasteiger partial charge is 0.325 e. The number of carbonyl (C=O) groups is 2. The maximum atomic E-state index is 13.8. The van der Waals surface area contributed by atoms with Crippen LogP contribution in [-0.4, -0.2) is 75.0 Å². The number of halogens is 3. The van der Waals surface area contributed by atoms with Gasteiger partial charge in [0, 0.05) is 56.1 Å². The number of rotatable bonds is 10. The van der Waals surface area contributed by atoms with Crippen molar-refractivity contribution in [2.75, 3.05) is 43.4 Å². The average Bonchev–Trinajstić information content (AvgIpc) is 3.75. The third-order valence-corrected chi connectivity index (χ3v) is 7.91. The number of piperazine rings is 1. The second-order valence-corrected chi connectivity index (χ2v) is 11.4. The molecule has 0 radical (unpaired) electrons. The van der Waals surface area contributed by atoms with Crippen LogP contribution < -0.4 is 21.6 Å². The molecule has 11 nitrogen and oxygen atoms in total. The van der Waals surface area contributed by atoms with Crippen LogP contribution in [0.15, 0.2) is 41.3 Å². The van der Waals surface area contributed by atoms with Crippen molar-refractivity contribution in [2.45, 2.75) is 39.4 Å². The zero-order valence-corrected chi connectivity index (χ0v) is 25.1. The molecule has 6 N–H and O–H groups in total. The number of likely N-dealkylation sites (N-methyl/N-ethyl adjacent to an activating group) is 1. The lowest BCUT2D eigenvalue weighted by Gasteiger charge is -2.34. The van der Waals surface area contributed by atoms with E-state index in [1.165, 1.54) is 24.4 Å². The zero-order valence-electron chi connectivity index (χ0n) is 25.1. The Morgan fingerprint density at radius 2 is 1.76 bits per heavy atom. The highest BCUT2D eigenvalue weighted by molar-refractivity contribution is 6.10. The Hall–Kier alpha value is -4.56. The molecule has 1 saturated carbocycles. The summed E-state index contributed by atoms with van der Waals surface area (Å²) in [4.78, 5) is 52.0. The number of aryl methyl sites for hydroxylation is 1. The summed E-state index contributed by atoms with van der Waals surface area (Å²) in [5.74, 6) is -0.0499. The van der Waals surface area contributed by atoms with Gasteiger partial charge in [0.25, 0.3) is 11.5 Å². The second-order valence-electron chi connectivity index (χ2n) is 11.4. The van der Waals surface area contributed by atoms with Crippen molar-refractivity contribution in [1.82, 2.24) is 24.8 Å². The fourth-order valence-electron chi connectivity index (χ4n) is 5.15. The fourth-order valence-corrected chi connectivity index (χ4v) is 5.15. The summed E-state index contributed by atoms with van der Waals surface area (Å²) in [6.07, 6.45) is 1.68. The Balaban J connectivity index is 1.31. The van der Waals surface area contributed by atoms with Gasteiger partial charge in [-0.15, -0.1) is 0 Å². The van der Waals surface area contributed by atoms with Gasteiger partial charge in [0.1, 0.15) is 17.2 Å². The van der Waals surface area contributed by atoms with E-state index in [9.17, 15) is 27.6 Å². The summed E-state index contributed by atoms with van der Waals surface area (Å²) in [5, 5.41) is 11.5. The van der Waals surface area contributed by atoms with Gasteiger partial charge in [0.15, 0.2) is 0 Å². The van der Waals surface area contributed by atoms with Crippen LogP contribution in [0.3, 0.4) is 0 Å². The molecule has 0 unspecified atom stereocenters. The van der Waals surface area contributed by atoms with Crippen molar-refractivity contribution in [3.63, 3.8) is 0 Å². The number of allylic oxidation sites excluding steroid dienone is 1. The Morgan fingerprint density at radius 1 is 1.04 bits per heavy atom. The summed E-state index contributed by atoms with van der Waals surface area (Å²) in [7, 11) is 0. The first-order valence-electron chi connectivity index (χ1n) is 14.8. The van der Waals surface area contributed by atoms with Gasteiger partial charge in [0.2, 0.25) is 11.6 Å². The van der Waals surface area contributed by atoms with Gasteiger partial charge >= 0.3 is 6.18 Å². The predicted octanol–water partition coefficient (Wildman–Crippen LogP) is 2.43. The number of carbonyl (C=O) groups excluding carboxylic acids is 2. The Labute approximate surface area is 257 Å². The van der Waals surface area contributed by atoms with E-state index in [-0.39, 0.29) is 28.8 Å². The number of nitrogens with zero attached hydrogens (tertiary/aromatic N) is 3. The molecule has 14 heteroatoms. The maximum absolute atomic E-state index is 13.8. The predicted molar refractivity (Wildman–Crippen MR) is 164 cm³/mol. The van der Waals surface area contributed by atoms with Crippen LogP contribution in [0.1, 0.15) is 58.3 Å². The van der Waals surface area contributed by atoms with Crippen LogP contribution in [0.25, 0.3) is 6.08 Å². The van der Waals surface area contributed by atoms with Crippen molar-refractivity contribution in [3.05, 3.63) is 80.7 Å². The van der Waals surface area contributed by atoms with Gasteiger partial charge < -0.3 is 25.5 Å². The molecule has 2 aromatic heterocycles. The lowest BCUT2D eigenvalue weighted by atomic mass is 10.0. The van der Waals surface area contributed by atoms with E-state index in [1.54, 1.807) is 13.0 Å². The molecule has 0 atom stereocenters. The lowest BCUT2D eigenvalue weighted by molar-refractivity contribution is -0.137. The van der Waals surface area contributed by atoms with E-state index >= 15 is 0 Å². The van der Waals surface area contributed by atoms with Crippen LogP contribution in [0.5, 0.6) is 0 Å². The van der Waals surface area contributed by atoms with Crippen LogP contribution in [-0.2, 0) is 17.5 Å². The molecule has 5 rings (SSSR count). The molecule has 0 bridgehead atoms. The third kappa shape index (κ3) is 8.13. The van der Waals surface area contributed by atoms with Gasteiger partial charge in [-0.1, -0.05) is 6.92 Å². The first-order chi connectivity index (χ1) is 21.4. The maximum Gasteiger partial charge on any atom is 0.416 e. The van der Waals surface area contributed by atoms with Crippen LogP contribution >= 0.6 is 0 Å². The van der Waals surface area contributed by atoms with Crippen molar-refractivity contribution in [1.29, 1.82) is 0 Å². The normalized spacial score (nSPS) is 16.2. The number of pyridine rings is 1. The standard InChI is InChI=1S/C31H35F3N8O3/c1-3-41-8-10-42(11-9-41)17-19-12-21(31(32,33)34)14-22(13-19)38-30(45)24-15-23(18(2)37-29(24)44)25(35)6-7-26-36-16-27(39-26)40-28(43)20-4-5-20/h6-7,12-16,20,35H,3-5,8-11,17H2,1-2H3,(H,36,39)(H,37,44)(H,38,45)(H,40,43)/p+1/b7-6-,35-25?. The number of anilines is 2. The lowest BCUT2D eigenvalue weighted by Crippen LogP contribution is -2.45. The molecule has 45 heavy (non-hydrogen) atoms. The number of nitrogens with one attached hydrogen (secondary N) is 4. The van der Waals surface area contributed by atoms with Gasteiger partial charge in [-0.05, 0) is 62.2 Å². The van der Waals surface area contributed by atoms with E-state index in [2.05, 4.69) is 42.3 Å². The van der Waals surface area contributed by atoms with Crippen molar-refractivity contribution < 1.29 is 28.2 Å². The molecule has 2 aliphatic rings. The van der Waals surface area contributed by atoms with Gasteiger partial charge in [-0.3, -0.25) is 24.7 Å². The Bertz CT molecular complexity index is 1680. The Kier molecular flexibility index (Phi) is 9.34. The monoisotopic (exact) mass is 625 g/mol. The van der Waals surface area contributed by atoms with E-state index in [0.717, 1.165) is 57.7 Å². The third-order valence-electron chi connectivity index (χ3n) is 7.91. The largest absolute Gasteiger partial charge is 0.416 e. The highest BCUT2D eigenvalue weighted by Crippen LogP contribution is 2.33. The summed E-state index contributed by atoms with van der Waals surface area (Å²) >= 11 is 0. The van der Waals surface area contributed by atoms with Crippen molar-refractivity contribution in [3.8, 4) is 0 Å². The number of alkyl halides is 3. The van der Waals surface area contributed by atoms with Crippen molar-refractivity contribution in [2.24, 2.45) is 5.92 Å². The minimum Gasteiger partial charge on any atom is -0.325 e. The van der Waals surface area contributed by atoms with Crippen LogP contribution in [0, 0.1) is 12.8 Å². The highest BCUT2D eigenvalue weighted by atomic mass is 19.4. The first-order valence-corrected chi connectivity index (χ1v) is 14.8. The van der Waals surface area contributed by atoms with Gasteiger partial charge in [-0.2, -0.15) is 13.2 Å². The number of aromatic amines is 2. The number of hydrogen-bond acceptors (Lipinski definition) is 6. The SMILES string of the molecule is CCN1CCN(Cc2cc(NC(=O)c3cc(C(=[NH2+])/C=C\c4ncc(NC(=O)C5CC5)[nH]4)c(C)[nH]c3=O)cc(C(F)(F)F)c2)CC1. The molecule has 3 aromatic rings. The molecule has 2 fully saturated rings. The van der Waals surface area contributed by atoms with Crippen molar-refractivity contribution >= 4 is 35.1 Å². The number of nitrogens with two attached hydrogens (primary N) is 1. The van der Waals surface area contributed by atoms with E-state index in [1.807, 2.05) is 0 Å². The number of imidazole rings is 1. The van der Waals surface area contributed by atoms with Crippen LogP contribution in [0.2, 0.25) is 0 Å². The molecule has 2 amide bonds. The minimum absolute atomic E-state index is 0.0355. The van der Waals surface area contributed by atoms with E-state index in [4.69, 9.17) is 5.41 Å². The summed E-state index contributed by atoms with van der Waals surface area (Å²) in [5.41, 5.74) is -0.657. The first kappa shape index (κ1) is 31.9. The second kappa shape index (κ2) is 13.2. The van der Waals surface area contributed by atoms with E-state index < -0.39 is 23.2 Å². The van der Waals surface area contributed by atoms with Gasteiger partial charge in [-0.25, -0.2) is 4.98 Å². The molecular formula is C31H36F3N8O3+. The fraction of sp³-hybridized carbons (Fsp3) is 0.387. The molecular weight excluding hydrogens is 589 g/mol. The topological polar surface area (TPSA) is 152 Å². The number of aromatic nitrogens is 3. The molecule has 238 valence electrons. The minimum atomic E-state index is -4.63. The molecule has 3 heterocycles. The van der Waals surface area contributed by atoms with Crippen LogP contribution in [0.4, 0.5) is 24.7 Å². The summed E-state index contributed by atoms with van der Waals surface area (Å²) in [6.45, 7) is 7.98. The molecule has 1 saturated heterocycles. The average molecular weight is 626 g/mol. The quantitative estimate of drug-likeness (QED) is 0.218. The number of amides is 2. The molecule has 0 spiro atoms. The number of hydrogen-bond donors (Lipinski definition) is 5.